The van der Waals surface area contributed by atoms with Crippen LogP contribution in [-0.4, -0.2) is 35.6 Å². The number of carbonyl (C=O) groups excluding carboxylic acids is 4. The highest BCUT2D eigenvalue weighted by molar-refractivity contribution is 6.15. The summed E-state index contributed by atoms with van der Waals surface area (Å²) >= 11 is 0. The van der Waals surface area contributed by atoms with Gasteiger partial charge in [-0.2, -0.15) is 0 Å². The molecule has 0 amide bonds. The number of allylic oxidation sites excluding steroid dienone is 2. The van der Waals surface area contributed by atoms with Gasteiger partial charge in [-0.1, -0.05) is 63.3 Å². The summed E-state index contributed by atoms with van der Waals surface area (Å²) in [7, 11) is 0. The van der Waals surface area contributed by atoms with Gasteiger partial charge in [-0.3, -0.25) is 0 Å². The third kappa shape index (κ3) is 7.63. The molecule has 0 spiro atoms. The average Bonchev–Trinajstić information content (AvgIpc) is 3.19. The van der Waals surface area contributed by atoms with E-state index in [4.69, 9.17) is 14.6 Å². The van der Waals surface area contributed by atoms with E-state index in [-0.39, 0.29) is 29.7 Å². The summed E-state index contributed by atoms with van der Waals surface area (Å²) in [6, 6.07) is 0. The molecule has 33 heavy (non-hydrogen) atoms. The van der Waals surface area contributed by atoms with Crippen molar-refractivity contribution in [3.63, 3.8) is 0 Å². The van der Waals surface area contributed by atoms with E-state index >= 15 is 0 Å². The van der Waals surface area contributed by atoms with Crippen LogP contribution in [-0.2, 0) is 28.7 Å². The molecule has 1 N–H and O–H groups in total. The lowest BCUT2D eigenvalue weighted by Crippen LogP contribution is -2.15. The minimum Gasteiger partial charge on any atom is -0.392 e. The molecule has 0 radical (unpaired) electrons. The van der Waals surface area contributed by atoms with Crippen molar-refractivity contribution in [3.8, 4) is 0 Å². The van der Waals surface area contributed by atoms with E-state index in [0.29, 0.717) is 18.4 Å². The highest BCUT2D eigenvalue weighted by atomic mass is 16.6. The Morgan fingerprint density at radius 1 is 0.818 bits per heavy atom. The van der Waals surface area contributed by atoms with Crippen LogP contribution in [0.25, 0.3) is 0 Å². The molecule has 0 fully saturated rings. The number of aliphatic hydroxyl groups excluding tert-OH is 1. The SMILES string of the molecule is CCCCCCCC(CC1=C(C=CCCCC=CCO)C(=O)OC1=O)C1=C(C)C(=O)OC1=O. The van der Waals surface area contributed by atoms with Crippen molar-refractivity contribution in [3.05, 3.63) is 46.6 Å². The van der Waals surface area contributed by atoms with Crippen molar-refractivity contribution < 1.29 is 33.8 Å². The number of hydrogen-bond donors (Lipinski definition) is 1. The molecule has 2 aliphatic heterocycles. The number of cyclic esters (lactones) is 4. The van der Waals surface area contributed by atoms with E-state index in [9.17, 15) is 19.2 Å². The third-order valence-electron chi connectivity index (χ3n) is 5.91. The quantitative estimate of drug-likeness (QED) is 0.168. The summed E-state index contributed by atoms with van der Waals surface area (Å²) in [5.74, 6) is -3.10. The molecule has 0 saturated carbocycles. The van der Waals surface area contributed by atoms with Crippen molar-refractivity contribution in [1.82, 2.24) is 0 Å². The largest absolute Gasteiger partial charge is 0.392 e. The van der Waals surface area contributed by atoms with Crippen molar-refractivity contribution >= 4 is 23.9 Å². The first kappa shape index (κ1) is 26.5. The Balaban J connectivity index is 2.18. The van der Waals surface area contributed by atoms with Gasteiger partial charge in [0.05, 0.1) is 23.3 Å². The third-order valence-corrected chi connectivity index (χ3v) is 5.91. The topological polar surface area (TPSA) is 107 Å². The number of aliphatic hydroxyl groups is 1. The Morgan fingerprint density at radius 3 is 2.18 bits per heavy atom. The van der Waals surface area contributed by atoms with Gasteiger partial charge in [0.15, 0.2) is 0 Å². The van der Waals surface area contributed by atoms with Crippen LogP contribution in [0.4, 0.5) is 0 Å². The van der Waals surface area contributed by atoms with Crippen LogP contribution in [0.15, 0.2) is 46.6 Å². The van der Waals surface area contributed by atoms with Crippen molar-refractivity contribution in [2.24, 2.45) is 5.92 Å². The van der Waals surface area contributed by atoms with Crippen LogP contribution in [0.1, 0.15) is 78.1 Å². The average molecular weight is 459 g/mol. The second-order valence-corrected chi connectivity index (χ2v) is 8.38. The summed E-state index contributed by atoms with van der Waals surface area (Å²) < 4.78 is 9.64. The van der Waals surface area contributed by atoms with Crippen LogP contribution in [0, 0.1) is 5.92 Å². The van der Waals surface area contributed by atoms with Gasteiger partial charge in [-0.25, -0.2) is 19.2 Å². The summed E-state index contributed by atoms with van der Waals surface area (Å²) in [6.45, 7) is 3.70. The lowest BCUT2D eigenvalue weighted by atomic mass is 9.84. The molecule has 7 nitrogen and oxygen atoms in total. The van der Waals surface area contributed by atoms with E-state index in [0.717, 1.165) is 44.9 Å². The van der Waals surface area contributed by atoms with Gasteiger partial charge in [0.1, 0.15) is 0 Å². The highest BCUT2D eigenvalue weighted by Crippen LogP contribution is 2.35. The van der Waals surface area contributed by atoms with E-state index in [1.807, 2.05) is 12.2 Å². The Bertz CT molecular complexity index is 873. The van der Waals surface area contributed by atoms with Gasteiger partial charge in [-0.05, 0) is 44.9 Å². The molecule has 0 aromatic heterocycles. The van der Waals surface area contributed by atoms with Gasteiger partial charge in [0.2, 0.25) is 0 Å². The van der Waals surface area contributed by atoms with Crippen LogP contribution in [0.3, 0.4) is 0 Å². The zero-order valence-corrected chi connectivity index (χ0v) is 19.6. The maximum atomic E-state index is 12.4. The first-order chi connectivity index (χ1) is 15.9. The molecule has 1 unspecified atom stereocenters. The molecular formula is C26H34O7. The lowest BCUT2D eigenvalue weighted by molar-refractivity contribution is -0.153. The minimum atomic E-state index is -0.697. The molecule has 7 heteroatoms. The summed E-state index contributed by atoms with van der Waals surface area (Å²) in [5.41, 5.74) is 1.01. The molecule has 0 aromatic carbocycles. The van der Waals surface area contributed by atoms with Crippen molar-refractivity contribution in [2.45, 2.75) is 78.1 Å². The number of esters is 4. The lowest BCUT2D eigenvalue weighted by Gasteiger charge is -2.17. The second-order valence-electron chi connectivity index (χ2n) is 8.38. The maximum absolute atomic E-state index is 12.4. The van der Waals surface area contributed by atoms with E-state index in [2.05, 4.69) is 6.92 Å². The fraction of sp³-hybridized carbons (Fsp3) is 0.538. The minimum absolute atomic E-state index is 0.00879. The Kier molecular flexibility index (Phi) is 11.0. The van der Waals surface area contributed by atoms with Gasteiger partial charge in [0, 0.05) is 5.57 Å². The van der Waals surface area contributed by atoms with Crippen molar-refractivity contribution in [2.75, 3.05) is 6.61 Å². The fourth-order valence-corrected chi connectivity index (χ4v) is 4.08. The first-order valence-corrected chi connectivity index (χ1v) is 11.8. The Morgan fingerprint density at radius 2 is 1.52 bits per heavy atom. The molecule has 0 aromatic rings. The predicted molar refractivity (Wildman–Crippen MR) is 123 cm³/mol. The monoisotopic (exact) mass is 458 g/mol. The molecule has 0 saturated heterocycles. The number of unbranched alkanes of at least 4 members (excludes halogenated alkanes) is 6. The second kappa shape index (κ2) is 13.7. The number of hydrogen-bond acceptors (Lipinski definition) is 7. The zero-order chi connectivity index (χ0) is 24.2. The van der Waals surface area contributed by atoms with E-state index in [1.54, 1.807) is 19.1 Å². The number of ether oxygens (including phenoxy) is 2. The van der Waals surface area contributed by atoms with Crippen LogP contribution in [0.5, 0.6) is 0 Å². The van der Waals surface area contributed by atoms with Crippen LogP contribution < -0.4 is 0 Å². The standard InChI is InChI=1S/C26H34O7/c1-3-4-5-8-11-14-19(22-18(2)23(28)32-26(22)31)17-21-20(24(29)33-25(21)30)15-12-9-6-7-10-13-16-27/h10,12-13,15,19,27H,3-9,11,14,16-17H2,1-2H3. The molecule has 0 bridgehead atoms. The summed E-state index contributed by atoms with van der Waals surface area (Å²) in [5, 5.41) is 8.74. The predicted octanol–water partition coefficient (Wildman–Crippen LogP) is 4.41. The van der Waals surface area contributed by atoms with Crippen molar-refractivity contribution in [1.29, 1.82) is 0 Å². The van der Waals surface area contributed by atoms with E-state index < -0.39 is 29.8 Å². The molecule has 2 aliphatic rings. The molecular weight excluding hydrogens is 424 g/mol. The molecule has 2 heterocycles. The van der Waals surface area contributed by atoms with Gasteiger partial charge in [-0.15, -0.1) is 0 Å². The first-order valence-electron chi connectivity index (χ1n) is 11.8. The molecule has 180 valence electrons. The Labute approximate surface area is 195 Å². The number of carbonyl (C=O) groups is 4. The number of rotatable bonds is 15. The normalized spacial score (nSPS) is 17.8. The van der Waals surface area contributed by atoms with Crippen LogP contribution >= 0.6 is 0 Å². The van der Waals surface area contributed by atoms with Crippen LogP contribution in [0.2, 0.25) is 0 Å². The smallest absolute Gasteiger partial charge is 0.346 e. The molecule has 0 aliphatic carbocycles. The fourth-order valence-electron chi connectivity index (χ4n) is 4.08. The zero-order valence-electron chi connectivity index (χ0n) is 19.6. The van der Waals surface area contributed by atoms with Gasteiger partial charge < -0.3 is 14.6 Å². The highest BCUT2D eigenvalue weighted by Gasteiger charge is 2.39. The molecule has 2 rings (SSSR count). The summed E-state index contributed by atoms with van der Waals surface area (Å²) in [6.07, 6.45) is 15.2. The van der Waals surface area contributed by atoms with Gasteiger partial charge in [0.25, 0.3) is 0 Å². The molecule has 1 atom stereocenters. The maximum Gasteiger partial charge on any atom is 0.346 e. The summed E-state index contributed by atoms with van der Waals surface area (Å²) in [4.78, 5) is 49.0. The van der Waals surface area contributed by atoms with E-state index in [1.165, 1.54) is 0 Å². The van der Waals surface area contributed by atoms with Gasteiger partial charge >= 0.3 is 23.9 Å². The Hall–Kier alpha value is -2.80.